The van der Waals surface area contributed by atoms with Crippen LogP contribution in [0.4, 0.5) is 0 Å². The van der Waals surface area contributed by atoms with E-state index < -0.39 is 6.10 Å². The van der Waals surface area contributed by atoms with Gasteiger partial charge in [0.05, 0.1) is 6.10 Å². The van der Waals surface area contributed by atoms with Crippen molar-refractivity contribution < 1.29 is 9.90 Å². The second-order valence-corrected chi connectivity index (χ2v) is 5.22. The van der Waals surface area contributed by atoms with Gasteiger partial charge in [-0.25, -0.2) is 0 Å². The van der Waals surface area contributed by atoms with Crippen LogP contribution in [0.15, 0.2) is 36.0 Å². The molecule has 94 valence electrons. The fourth-order valence-electron chi connectivity index (χ4n) is 2.12. The van der Waals surface area contributed by atoms with E-state index in [2.05, 4.69) is 19.6 Å². The molecule has 0 saturated carbocycles. The number of carbonyl (C=O) groups is 1. The number of hydrogen-bond donors (Lipinski definition) is 1. The number of aliphatic hydroxyl groups excluding tert-OH is 1. The van der Waals surface area contributed by atoms with Crippen LogP contribution in [0, 0.1) is 11.8 Å². The van der Waals surface area contributed by atoms with Crippen LogP contribution in [0.2, 0.25) is 0 Å². The summed E-state index contributed by atoms with van der Waals surface area (Å²) in [4.78, 5) is 11.7. The molecule has 0 radical (unpaired) electrons. The molecule has 3 atom stereocenters. The van der Waals surface area contributed by atoms with Crippen LogP contribution in [-0.4, -0.2) is 17.0 Å². The molecule has 17 heavy (non-hydrogen) atoms. The third-order valence-electron chi connectivity index (χ3n) is 3.18. The monoisotopic (exact) mass is 234 g/mol. The summed E-state index contributed by atoms with van der Waals surface area (Å²) in [6.07, 6.45) is 6.40. The molecular formula is C15H22O2. The van der Waals surface area contributed by atoms with Gasteiger partial charge in [-0.05, 0) is 43.8 Å². The number of ketones is 1. The highest BCUT2D eigenvalue weighted by Gasteiger charge is 2.24. The van der Waals surface area contributed by atoms with E-state index in [1.54, 1.807) is 6.08 Å². The van der Waals surface area contributed by atoms with Crippen molar-refractivity contribution in [3.8, 4) is 0 Å². The molecule has 0 aromatic carbocycles. The Labute approximate surface area is 104 Å². The Kier molecular flexibility index (Phi) is 4.88. The lowest BCUT2D eigenvalue weighted by Gasteiger charge is -2.27. The predicted molar refractivity (Wildman–Crippen MR) is 70.6 cm³/mol. The van der Waals surface area contributed by atoms with Gasteiger partial charge in [0.2, 0.25) is 0 Å². The molecule has 1 rings (SSSR count). The maximum absolute atomic E-state index is 11.7. The normalized spacial score (nSPS) is 25.5. The number of carbonyl (C=O) groups excluding carboxylic acids is 1. The van der Waals surface area contributed by atoms with E-state index in [-0.39, 0.29) is 17.6 Å². The molecule has 0 spiro atoms. The van der Waals surface area contributed by atoms with E-state index >= 15 is 0 Å². The summed E-state index contributed by atoms with van der Waals surface area (Å²) in [5, 5.41) is 9.73. The zero-order valence-corrected chi connectivity index (χ0v) is 10.9. The van der Waals surface area contributed by atoms with Gasteiger partial charge in [0.1, 0.15) is 0 Å². The van der Waals surface area contributed by atoms with Gasteiger partial charge in [-0.15, -0.1) is 0 Å². The summed E-state index contributed by atoms with van der Waals surface area (Å²) >= 11 is 0. The molecule has 0 fully saturated rings. The van der Waals surface area contributed by atoms with Crippen LogP contribution in [0.5, 0.6) is 0 Å². The lowest BCUT2D eigenvalue weighted by Crippen LogP contribution is -2.23. The molecule has 0 aliphatic heterocycles. The van der Waals surface area contributed by atoms with Crippen molar-refractivity contribution in [3.05, 3.63) is 36.0 Å². The van der Waals surface area contributed by atoms with Crippen LogP contribution in [0.3, 0.4) is 0 Å². The van der Waals surface area contributed by atoms with E-state index in [1.807, 2.05) is 19.9 Å². The second kappa shape index (κ2) is 5.97. The molecule has 1 aliphatic rings. The van der Waals surface area contributed by atoms with Crippen molar-refractivity contribution in [3.63, 3.8) is 0 Å². The maximum atomic E-state index is 11.7. The van der Waals surface area contributed by atoms with Crippen LogP contribution < -0.4 is 0 Å². The Morgan fingerprint density at radius 3 is 2.82 bits per heavy atom. The highest BCUT2D eigenvalue weighted by Crippen LogP contribution is 2.29. The smallest absolute Gasteiger partial charge is 0.155 e. The lowest BCUT2D eigenvalue weighted by molar-refractivity contribution is -0.115. The first-order valence-corrected chi connectivity index (χ1v) is 6.13. The summed E-state index contributed by atoms with van der Waals surface area (Å²) in [6, 6.07) is 0. The van der Waals surface area contributed by atoms with E-state index in [9.17, 15) is 9.90 Å². The van der Waals surface area contributed by atoms with Crippen molar-refractivity contribution >= 4 is 5.78 Å². The molecule has 0 unspecified atom stereocenters. The van der Waals surface area contributed by atoms with Gasteiger partial charge in [0.15, 0.2) is 5.78 Å². The fourth-order valence-corrected chi connectivity index (χ4v) is 2.12. The molecule has 0 amide bonds. The highest BCUT2D eigenvalue weighted by molar-refractivity contribution is 5.90. The zero-order valence-electron chi connectivity index (χ0n) is 10.9. The Balaban J connectivity index is 2.57. The van der Waals surface area contributed by atoms with Gasteiger partial charge in [0, 0.05) is 6.42 Å². The van der Waals surface area contributed by atoms with E-state index in [0.29, 0.717) is 12.8 Å². The largest absolute Gasteiger partial charge is 0.388 e. The first-order valence-electron chi connectivity index (χ1n) is 6.13. The Morgan fingerprint density at radius 2 is 2.29 bits per heavy atom. The minimum Gasteiger partial charge on any atom is -0.388 e. The van der Waals surface area contributed by atoms with Gasteiger partial charge in [-0.3, -0.25) is 4.79 Å². The van der Waals surface area contributed by atoms with Crippen molar-refractivity contribution in [1.29, 1.82) is 0 Å². The fraction of sp³-hybridized carbons (Fsp3) is 0.533. The molecule has 0 saturated heterocycles. The van der Waals surface area contributed by atoms with Crippen molar-refractivity contribution in [2.45, 2.75) is 39.7 Å². The van der Waals surface area contributed by atoms with Crippen LogP contribution in [0.1, 0.15) is 33.6 Å². The van der Waals surface area contributed by atoms with Crippen molar-refractivity contribution in [2.75, 3.05) is 0 Å². The average molecular weight is 234 g/mol. The molecule has 0 aromatic rings. The van der Waals surface area contributed by atoms with E-state index in [0.717, 1.165) is 11.1 Å². The minimum absolute atomic E-state index is 0.171. The van der Waals surface area contributed by atoms with Crippen molar-refractivity contribution in [2.24, 2.45) is 11.8 Å². The van der Waals surface area contributed by atoms with Crippen molar-refractivity contribution in [1.82, 2.24) is 0 Å². The summed E-state index contributed by atoms with van der Waals surface area (Å²) in [5.74, 6) is 0.701. The number of allylic oxidation sites excluding steroid dienone is 3. The second-order valence-electron chi connectivity index (χ2n) is 5.22. The standard InChI is InChI=1S/C15H22O2/c1-10(2)7-14(16)8-12(4)13-6-5-11(3)15(17)9-13/h5-7,12-13,15,17H,3,8-9H2,1-2,4H3/t12-,13+,15-/m0/s1. The first kappa shape index (κ1) is 13.9. The van der Waals surface area contributed by atoms with Gasteiger partial charge in [-0.2, -0.15) is 0 Å². The van der Waals surface area contributed by atoms with Crippen LogP contribution >= 0.6 is 0 Å². The van der Waals surface area contributed by atoms with Gasteiger partial charge in [0.25, 0.3) is 0 Å². The molecular weight excluding hydrogens is 212 g/mol. The third kappa shape index (κ3) is 4.31. The quantitative estimate of drug-likeness (QED) is 0.759. The predicted octanol–water partition coefficient (Wildman–Crippen LogP) is 3.04. The summed E-state index contributed by atoms with van der Waals surface area (Å²) in [6.45, 7) is 9.69. The zero-order chi connectivity index (χ0) is 13.0. The maximum Gasteiger partial charge on any atom is 0.155 e. The molecule has 1 aliphatic carbocycles. The topological polar surface area (TPSA) is 37.3 Å². The summed E-state index contributed by atoms with van der Waals surface area (Å²) < 4.78 is 0. The SMILES string of the molecule is C=C1C=C[C@@H]([C@@H](C)CC(=O)C=C(C)C)C[C@@H]1O. The highest BCUT2D eigenvalue weighted by atomic mass is 16.3. The number of aliphatic hydroxyl groups is 1. The van der Waals surface area contributed by atoms with Crippen LogP contribution in [0.25, 0.3) is 0 Å². The summed E-state index contributed by atoms with van der Waals surface area (Å²) in [7, 11) is 0. The molecule has 0 bridgehead atoms. The van der Waals surface area contributed by atoms with Crippen LogP contribution in [-0.2, 0) is 4.79 Å². The molecule has 0 aromatic heterocycles. The number of rotatable bonds is 4. The Bertz CT molecular complexity index is 359. The average Bonchev–Trinajstić information content (AvgIpc) is 2.20. The number of hydrogen-bond acceptors (Lipinski definition) is 2. The Hall–Kier alpha value is -1.15. The summed E-state index contributed by atoms with van der Waals surface area (Å²) in [5.41, 5.74) is 1.80. The molecule has 0 heterocycles. The minimum atomic E-state index is -0.453. The van der Waals surface area contributed by atoms with E-state index in [1.165, 1.54) is 0 Å². The molecule has 1 N–H and O–H groups in total. The Morgan fingerprint density at radius 1 is 1.65 bits per heavy atom. The van der Waals surface area contributed by atoms with E-state index in [4.69, 9.17) is 0 Å². The van der Waals surface area contributed by atoms with Gasteiger partial charge in [-0.1, -0.05) is 31.2 Å². The first-order chi connectivity index (χ1) is 7.90. The van der Waals surface area contributed by atoms with Gasteiger partial charge >= 0.3 is 0 Å². The molecule has 2 heteroatoms. The molecule has 2 nitrogen and oxygen atoms in total. The van der Waals surface area contributed by atoms with Gasteiger partial charge < -0.3 is 5.11 Å². The third-order valence-corrected chi connectivity index (χ3v) is 3.18. The lowest BCUT2D eigenvalue weighted by atomic mass is 9.80.